The van der Waals surface area contributed by atoms with Gasteiger partial charge in [0.25, 0.3) is 0 Å². The largest absolute Gasteiger partial charge is 0.342 e. The highest BCUT2D eigenvalue weighted by Gasteiger charge is 2.17. The van der Waals surface area contributed by atoms with Crippen LogP contribution in [0.15, 0.2) is 6.07 Å². The standard InChI is InChI=1S/C13H21N3O/c1-11-9-12(15(2)14-11)10-13(17)16-7-5-3-4-6-8-16/h9H,3-8,10H2,1-2H3. The highest BCUT2D eigenvalue weighted by molar-refractivity contribution is 5.78. The second kappa shape index (κ2) is 5.34. The molecular formula is C13H21N3O. The molecule has 0 aliphatic carbocycles. The fourth-order valence-electron chi connectivity index (χ4n) is 2.42. The van der Waals surface area contributed by atoms with Crippen LogP contribution < -0.4 is 0 Å². The summed E-state index contributed by atoms with van der Waals surface area (Å²) in [5.74, 6) is 0.245. The van der Waals surface area contributed by atoms with E-state index >= 15 is 0 Å². The Kier molecular flexibility index (Phi) is 3.82. The van der Waals surface area contributed by atoms with Crippen LogP contribution in [-0.4, -0.2) is 33.7 Å². The molecule has 0 aromatic carbocycles. The van der Waals surface area contributed by atoms with Gasteiger partial charge in [-0.3, -0.25) is 9.48 Å². The first-order chi connectivity index (χ1) is 8.16. The second-order valence-electron chi connectivity index (χ2n) is 4.87. The van der Waals surface area contributed by atoms with Gasteiger partial charge in [0.1, 0.15) is 0 Å². The van der Waals surface area contributed by atoms with Crippen LogP contribution >= 0.6 is 0 Å². The molecule has 17 heavy (non-hydrogen) atoms. The molecule has 1 saturated heterocycles. The van der Waals surface area contributed by atoms with Gasteiger partial charge in [0.05, 0.1) is 12.1 Å². The minimum atomic E-state index is 0.245. The van der Waals surface area contributed by atoms with Gasteiger partial charge in [-0.2, -0.15) is 5.10 Å². The summed E-state index contributed by atoms with van der Waals surface area (Å²) in [4.78, 5) is 14.2. The van der Waals surface area contributed by atoms with Gasteiger partial charge in [0.15, 0.2) is 0 Å². The van der Waals surface area contributed by atoms with Gasteiger partial charge in [0, 0.05) is 25.8 Å². The molecule has 94 valence electrons. The minimum absolute atomic E-state index is 0.245. The van der Waals surface area contributed by atoms with E-state index in [1.54, 1.807) is 0 Å². The summed E-state index contributed by atoms with van der Waals surface area (Å²) in [6, 6.07) is 2.00. The summed E-state index contributed by atoms with van der Waals surface area (Å²) in [5.41, 5.74) is 1.99. The molecule has 4 nitrogen and oxygen atoms in total. The van der Waals surface area contributed by atoms with Crippen molar-refractivity contribution in [2.75, 3.05) is 13.1 Å². The third-order valence-electron chi connectivity index (χ3n) is 3.39. The maximum Gasteiger partial charge on any atom is 0.228 e. The quantitative estimate of drug-likeness (QED) is 0.782. The Bertz CT molecular complexity index is 389. The fraction of sp³-hybridized carbons (Fsp3) is 0.692. The SMILES string of the molecule is Cc1cc(CC(=O)N2CCCCCC2)n(C)n1. The van der Waals surface area contributed by atoms with Crippen molar-refractivity contribution in [1.82, 2.24) is 14.7 Å². The maximum absolute atomic E-state index is 12.2. The Morgan fingerprint density at radius 3 is 2.47 bits per heavy atom. The third kappa shape index (κ3) is 3.08. The summed E-state index contributed by atoms with van der Waals surface area (Å²) < 4.78 is 1.81. The molecule has 4 heteroatoms. The molecule has 2 heterocycles. The Morgan fingerprint density at radius 1 is 1.29 bits per heavy atom. The number of aromatic nitrogens is 2. The van der Waals surface area contributed by atoms with E-state index in [2.05, 4.69) is 5.10 Å². The van der Waals surface area contributed by atoms with E-state index < -0.39 is 0 Å². The Hall–Kier alpha value is -1.32. The van der Waals surface area contributed by atoms with E-state index in [0.717, 1.165) is 37.3 Å². The lowest BCUT2D eigenvalue weighted by Gasteiger charge is -2.20. The van der Waals surface area contributed by atoms with Gasteiger partial charge in [-0.1, -0.05) is 12.8 Å². The molecule has 1 fully saturated rings. The van der Waals surface area contributed by atoms with Gasteiger partial charge in [-0.15, -0.1) is 0 Å². The van der Waals surface area contributed by atoms with E-state index in [4.69, 9.17) is 0 Å². The number of hydrogen-bond acceptors (Lipinski definition) is 2. The predicted octanol–water partition coefficient (Wildman–Crippen LogP) is 1.67. The Labute approximate surface area is 103 Å². The molecule has 1 amide bonds. The van der Waals surface area contributed by atoms with E-state index in [0.29, 0.717) is 6.42 Å². The highest BCUT2D eigenvalue weighted by atomic mass is 16.2. The summed E-state index contributed by atoms with van der Waals surface area (Å²) >= 11 is 0. The molecular weight excluding hydrogens is 214 g/mol. The monoisotopic (exact) mass is 235 g/mol. The van der Waals surface area contributed by atoms with Crippen molar-refractivity contribution in [2.24, 2.45) is 7.05 Å². The maximum atomic E-state index is 12.2. The van der Waals surface area contributed by atoms with Gasteiger partial charge in [-0.25, -0.2) is 0 Å². The smallest absolute Gasteiger partial charge is 0.228 e. The van der Waals surface area contributed by atoms with Crippen LogP contribution in [0.3, 0.4) is 0 Å². The molecule has 0 radical (unpaired) electrons. The summed E-state index contributed by atoms with van der Waals surface area (Å²) in [6.45, 7) is 3.81. The first-order valence-electron chi connectivity index (χ1n) is 6.44. The summed E-state index contributed by atoms with van der Waals surface area (Å²) in [7, 11) is 1.90. The number of hydrogen-bond donors (Lipinski definition) is 0. The number of likely N-dealkylation sites (tertiary alicyclic amines) is 1. The predicted molar refractivity (Wildman–Crippen MR) is 66.7 cm³/mol. The minimum Gasteiger partial charge on any atom is -0.342 e. The number of carbonyl (C=O) groups is 1. The van der Waals surface area contributed by atoms with Gasteiger partial charge in [-0.05, 0) is 25.8 Å². The second-order valence-corrected chi connectivity index (χ2v) is 4.87. The van der Waals surface area contributed by atoms with Crippen LogP contribution in [0.1, 0.15) is 37.1 Å². The lowest BCUT2D eigenvalue weighted by Crippen LogP contribution is -2.33. The first kappa shape index (κ1) is 12.1. The molecule has 1 aliphatic heterocycles. The summed E-state index contributed by atoms with van der Waals surface area (Å²) in [6.07, 6.45) is 5.30. The number of carbonyl (C=O) groups excluding carboxylic acids is 1. The van der Waals surface area contributed by atoms with Crippen LogP contribution in [0, 0.1) is 6.92 Å². The number of nitrogens with zero attached hydrogens (tertiary/aromatic N) is 3. The lowest BCUT2D eigenvalue weighted by atomic mass is 10.2. The number of aryl methyl sites for hydroxylation is 2. The average molecular weight is 235 g/mol. The average Bonchev–Trinajstić information content (AvgIpc) is 2.54. The van der Waals surface area contributed by atoms with Crippen molar-refractivity contribution in [3.63, 3.8) is 0 Å². The first-order valence-corrected chi connectivity index (χ1v) is 6.44. The van der Waals surface area contributed by atoms with Crippen molar-refractivity contribution in [3.8, 4) is 0 Å². The van der Waals surface area contributed by atoms with E-state index in [1.165, 1.54) is 12.8 Å². The number of amides is 1. The summed E-state index contributed by atoms with van der Waals surface area (Å²) in [5, 5.41) is 4.27. The Balaban J connectivity index is 1.98. The normalized spacial score (nSPS) is 16.9. The van der Waals surface area contributed by atoms with Crippen molar-refractivity contribution >= 4 is 5.91 Å². The molecule has 0 unspecified atom stereocenters. The molecule has 0 saturated carbocycles. The zero-order valence-corrected chi connectivity index (χ0v) is 10.8. The van der Waals surface area contributed by atoms with E-state index in [1.807, 2.05) is 29.6 Å². The molecule has 1 aliphatic rings. The highest BCUT2D eigenvalue weighted by Crippen LogP contribution is 2.12. The van der Waals surface area contributed by atoms with Crippen LogP contribution in [0.5, 0.6) is 0 Å². The van der Waals surface area contributed by atoms with Crippen LogP contribution in [0.2, 0.25) is 0 Å². The van der Waals surface area contributed by atoms with Crippen LogP contribution in [0.25, 0.3) is 0 Å². The molecule has 1 aromatic heterocycles. The molecule has 0 N–H and O–H groups in total. The Morgan fingerprint density at radius 2 is 1.94 bits per heavy atom. The van der Waals surface area contributed by atoms with E-state index in [9.17, 15) is 4.79 Å². The third-order valence-corrected chi connectivity index (χ3v) is 3.39. The zero-order chi connectivity index (χ0) is 12.3. The van der Waals surface area contributed by atoms with Crippen molar-refractivity contribution in [1.29, 1.82) is 0 Å². The molecule has 0 atom stereocenters. The van der Waals surface area contributed by atoms with Crippen molar-refractivity contribution < 1.29 is 4.79 Å². The molecule has 2 rings (SSSR count). The van der Waals surface area contributed by atoms with Crippen molar-refractivity contribution in [3.05, 3.63) is 17.5 Å². The lowest BCUT2D eigenvalue weighted by molar-refractivity contribution is -0.130. The molecule has 0 spiro atoms. The topological polar surface area (TPSA) is 38.1 Å². The van der Waals surface area contributed by atoms with Crippen LogP contribution in [0.4, 0.5) is 0 Å². The van der Waals surface area contributed by atoms with Crippen LogP contribution in [-0.2, 0) is 18.3 Å². The van der Waals surface area contributed by atoms with E-state index in [-0.39, 0.29) is 5.91 Å². The molecule has 1 aromatic rings. The molecule has 0 bridgehead atoms. The number of rotatable bonds is 2. The van der Waals surface area contributed by atoms with Gasteiger partial charge in [0.2, 0.25) is 5.91 Å². The van der Waals surface area contributed by atoms with Gasteiger partial charge >= 0.3 is 0 Å². The van der Waals surface area contributed by atoms with Gasteiger partial charge < -0.3 is 4.90 Å². The zero-order valence-electron chi connectivity index (χ0n) is 10.8. The van der Waals surface area contributed by atoms with Crippen molar-refractivity contribution in [2.45, 2.75) is 39.0 Å². The fourth-order valence-corrected chi connectivity index (χ4v) is 2.42.